The average molecular weight is 271 g/mol. The number of nitrogens with zero attached hydrogens (tertiary/aromatic N) is 1. The van der Waals surface area contributed by atoms with Crippen LogP contribution in [0.4, 0.5) is 0 Å². The van der Waals surface area contributed by atoms with Gasteiger partial charge in [-0.15, -0.1) is 0 Å². The third kappa shape index (κ3) is 2.37. The Morgan fingerprint density at radius 3 is 2.85 bits per heavy atom. The summed E-state index contributed by atoms with van der Waals surface area (Å²) in [7, 11) is 0. The van der Waals surface area contributed by atoms with Gasteiger partial charge in [0, 0.05) is 24.8 Å². The fourth-order valence-corrected chi connectivity index (χ4v) is 3.42. The third-order valence-electron chi connectivity index (χ3n) is 4.32. The minimum absolute atomic E-state index is 0.257. The summed E-state index contributed by atoms with van der Waals surface area (Å²) in [5, 5.41) is 0. The van der Waals surface area contributed by atoms with Crippen LogP contribution in [-0.4, -0.2) is 30.2 Å². The molecule has 0 saturated carbocycles. The van der Waals surface area contributed by atoms with E-state index in [0.29, 0.717) is 17.9 Å². The van der Waals surface area contributed by atoms with E-state index in [9.17, 15) is 0 Å². The van der Waals surface area contributed by atoms with Crippen LogP contribution in [0.3, 0.4) is 0 Å². The van der Waals surface area contributed by atoms with Gasteiger partial charge in [0.15, 0.2) is 0 Å². The van der Waals surface area contributed by atoms with Gasteiger partial charge in [0.05, 0.1) is 12.1 Å². The van der Waals surface area contributed by atoms with Gasteiger partial charge in [-0.1, -0.05) is 44.2 Å². The van der Waals surface area contributed by atoms with Crippen LogP contribution in [0, 0.1) is 11.8 Å². The SMILES string of the molecule is CCN1C2=CCC(OCC(C)C)C=C2C2C=CC=CC21. The number of likely N-dealkylation sites (tertiary alicyclic amines) is 1. The maximum Gasteiger partial charge on any atom is 0.0797 e. The molecule has 0 aromatic heterocycles. The highest BCUT2D eigenvalue weighted by Crippen LogP contribution is 2.43. The summed E-state index contributed by atoms with van der Waals surface area (Å²) in [4.78, 5) is 2.52. The minimum atomic E-state index is 0.257. The summed E-state index contributed by atoms with van der Waals surface area (Å²) >= 11 is 0. The predicted octanol–water partition coefficient (Wildman–Crippen LogP) is 3.69. The number of hydrogen-bond acceptors (Lipinski definition) is 2. The number of fused-ring (bicyclic) bond motifs is 3. The van der Waals surface area contributed by atoms with Gasteiger partial charge < -0.3 is 9.64 Å². The standard InChI is InChI=1S/C18H25NO/c1-4-19-17-8-6-5-7-15(17)16-11-14(9-10-18(16)19)20-12-13(2)3/h5-8,10-11,13-15,17H,4,9,12H2,1-3H3. The summed E-state index contributed by atoms with van der Waals surface area (Å²) in [6.45, 7) is 8.57. The van der Waals surface area contributed by atoms with Gasteiger partial charge in [-0.3, -0.25) is 0 Å². The van der Waals surface area contributed by atoms with Gasteiger partial charge in [-0.25, -0.2) is 0 Å². The maximum absolute atomic E-state index is 6.02. The quantitative estimate of drug-likeness (QED) is 0.773. The van der Waals surface area contributed by atoms with Crippen molar-refractivity contribution in [3.63, 3.8) is 0 Å². The van der Waals surface area contributed by atoms with Crippen LogP contribution in [0.15, 0.2) is 47.7 Å². The van der Waals surface area contributed by atoms with Gasteiger partial charge in [0.1, 0.15) is 0 Å². The molecule has 0 bridgehead atoms. The lowest BCUT2D eigenvalue weighted by Gasteiger charge is -2.27. The molecule has 0 aromatic rings. The zero-order chi connectivity index (χ0) is 14.1. The Kier molecular flexibility index (Phi) is 3.84. The number of hydrogen-bond donors (Lipinski definition) is 0. The topological polar surface area (TPSA) is 12.5 Å². The zero-order valence-electron chi connectivity index (χ0n) is 12.8. The summed E-state index contributed by atoms with van der Waals surface area (Å²) in [5.74, 6) is 1.11. The van der Waals surface area contributed by atoms with E-state index < -0.39 is 0 Å². The van der Waals surface area contributed by atoms with Crippen molar-refractivity contribution in [1.82, 2.24) is 4.90 Å². The molecule has 0 aromatic carbocycles. The van der Waals surface area contributed by atoms with E-state index in [1.54, 1.807) is 0 Å². The molecule has 2 heteroatoms. The van der Waals surface area contributed by atoms with Gasteiger partial charge in [0.25, 0.3) is 0 Å². The van der Waals surface area contributed by atoms with Crippen LogP contribution in [-0.2, 0) is 4.74 Å². The molecule has 3 aliphatic rings. The van der Waals surface area contributed by atoms with E-state index in [1.165, 1.54) is 11.3 Å². The second-order valence-corrected chi connectivity index (χ2v) is 6.28. The molecule has 0 N–H and O–H groups in total. The molecule has 108 valence electrons. The lowest BCUT2D eigenvalue weighted by atomic mass is 9.88. The Morgan fingerprint density at radius 2 is 2.10 bits per heavy atom. The van der Waals surface area contributed by atoms with Crippen molar-refractivity contribution >= 4 is 0 Å². The fourth-order valence-electron chi connectivity index (χ4n) is 3.42. The van der Waals surface area contributed by atoms with Crippen molar-refractivity contribution in [2.75, 3.05) is 13.2 Å². The van der Waals surface area contributed by atoms with Gasteiger partial charge in [-0.05, 0) is 30.9 Å². The van der Waals surface area contributed by atoms with Crippen molar-refractivity contribution < 1.29 is 4.74 Å². The molecule has 1 fully saturated rings. The van der Waals surface area contributed by atoms with E-state index in [2.05, 4.69) is 62.1 Å². The summed E-state index contributed by atoms with van der Waals surface area (Å²) in [6.07, 6.45) is 15.0. The Balaban J connectivity index is 1.82. The molecule has 3 unspecified atom stereocenters. The molecule has 2 nitrogen and oxygen atoms in total. The maximum atomic E-state index is 6.02. The molecule has 3 rings (SSSR count). The monoisotopic (exact) mass is 271 g/mol. The first-order valence-electron chi connectivity index (χ1n) is 7.86. The largest absolute Gasteiger partial charge is 0.374 e. The number of rotatable bonds is 4. The molecule has 0 spiro atoms. The zero-order valence-corrected chi connectivity index (χ0v) is 12.8. The van der Waals surface area contributed by atoms with E-state index in [-0.39, 0.29) is 6.10 Å². The minimum Gasteiger partial charge on any atom is -0.374 e. The first-order chi connectivity index (χ1) is 9.70. The predicted molar refractivity (Wildman–Crippen MR) is 83.3 cm³/mol. The molecule has 1 heterocycles. The molecule has 3 atom stereocenters. The van der Waals surface area contributed by atoms with Crippen molar-refractivity contribution in [2.45, 2.75) is 39.3 Å². The average Bonchev–Trinajstić information content (AvgIpc) is 2.78. The van der Waals surface area contributed by atoms with Crippen LogP contribution < -0.4 is 0 Å². The van der Waals surface area contributed by atoms with Gasteiger partial charge in [0.2, 0.25) is 0 Å². The van der Waals surface area contributed by atoms with Gasteiger partial charge in [-0.2, -0.15) is 0 Å². The lowest BCUT2D eigenvalue weighted by molar-refractivity contribution is 0.0652. The lowest BCUT2D eigenvalue weighted by Crippen LogP contribution is -2.30. The van der Waals surface area contributed by atoms with Crippen molar-refractivity contribution in [3.8, 4) is 0 Å². The summed E-state index contributed by atoms with van der Waals surface area (Å²) in [5.41, 5.74) is 2.90. The highest BCUT2D eigenvalue weighted by atomic mass is 16.5. The Labute approximate surface area is 122 Å². The molecular formula is C18H25NO. The Morgan fingerprint density at radius 1 is 1.30 bits per heavy atom. The van der Waals surface area contributed by atoms with Crippen LogP contribution in [0.5, 0.6) is 0 Å². The van der Waals surface area contributed by atoms with Crippen molar-refractivity contribution in [3.05, 3.63) is 47.7 Å². The molecule has 0 amide bonds. The second kappa shape index (κ2) is 5.61. The smallest absolute Gasteiger partial charge is 0.0797 e. The Bertz CT molecular complexity index is 484. The van der Waals surface area contributed by atoms with E-state index in [4.69, 9.17) is 4.74 Å². The molecular weight excluding hydrogens is 246 g/mol. The number of ether oxygens (including phenoxy) is 1. The van der Waals surface area contributed by atoms with Crippen LogP contribution in [0.1, 0.15) is 27.2 Å². The highest BCUT2D eigenvalue weighted by Gasteiger charge is 2.39. The third-order valence-corrected chi connectivity index (χ3v) is 4.32. The number of allylic oxidation sites excluding steroid dienone is 3. The second-order valence-electron chi connectivity index (χ2n) is 6.28. The summed E-state index contributed by atoms with van der Waals surface area (Å²) < 4.78 is 6.02. The van der Waals surface area contributed by atoms with Crippen LogP contribution in [0.25, 0.3) is 0 Å². The molecule has 2 aliphatic carbocycles. The Hall–Kier alpha value is -1.28. The van der Waals surface area contributed by atoms with Crippen LogP contribution in [0.2, 0.25) is 0 Å². The van der Waals surface area contributed by atoms with E-state index >= 15 is 0 Å². The number of likely N-dealkylation sites (N-methyl/N-ethyl adjacent to an activating group) is 1. The fraction of sp³-hybridized carbons (Fsp3) is 0.556. The summed E-state index contributed by atoms with van der Waals surface area (Å²) in [6, 6.07) is 0.506. The van der Waals surface area contributed by atoms with Crippen molar-refractivity contribution in [1.29, 1.82) is 0 Å². The van der Waals surface area contributed by atoms with E-state index in [1.807, 2.05) is 0 Å². The molecule has 1 saturated heterocycles. The van der Waals surface area contributed by atoms with Gasteiger partial charge >= 0.3 is 0 Å². The van der Waals surface area contributed by atoms with Crippen LogP contribution >= 0.6 is 0 Å². The molecule has 0 radical (unpaired) electrons. The first-order valence-corrected chi connectivity index (χ1v) is 7.86. The highest BCUT2D eigenvalue weighted by molar-refractivity contribution is 5.47. The molecule has 20 heavy (non-hydrogen) atoms. The normalized spacial score (nSPS) is 31.2. The first kappa shape index (κ1) is 13.7. The van der Waals surface area contributed by atoms with Crippen molar-refractivity contribution in [2.24, 2.45) is 11.8 Å². The molecule has 1 aliphatic heterocycles. The van der Waals surface area contributed by atoms with E-state index in [0.717, 1.165) is 19.6 Å².